The maximum Gasteiger partial charge on any atom is 0.411 e. The van der Waals surface area contributed by atoms with Crippen molar-refractivity contribution in [2.75, 3.05) is 13.2 Å². The van der Waals surface area contributed by atoms with Crippen LogP contribution >= 0.6 is 0 Å². The Morgan fingerprint density at radius 2 is 1.88 bits per heavy atom. The average Bonchev–Trinajstić information content (AvgIpc) is 2.19. The first-order valence-corrected chi connectivity index (χ1v) is 5.49. The van der Waals surface area contributed by atoms with Gasteiger partial charge in [-0.05, 0) is 25.7 Å². The lowest BCUT2D eigenvalue weighted by Crippen LogP contribution is -2.40. The van der Waals surface area contributed by atoms with Crippen molar-refractivity contribution in [3.05, 3.63) is 0 Å². The third-order valence-electron chi connectivity index (χ3n) is 2.56. The zero-order valence-corrected chi connectivity index (χ0v) is 9.29. The molecule has 100 valence electrons. The second-order valence-electron chi connectivity index (χ2n) is 4.18. The zero-order chi connectivity index (χ0) is 12.9. The summed E-state index contributed by atoms with van der Waals surface area (Å²) in [5.74, 6) is -0.546. The molecule has 0 atom stereocenters. The van der Waals surface area contributed by atoms with Crippen LogP contribution in [0.5, 0.6) is 0 Å². The molecule has 0 unspecified atom stereocenters. The third-order valence-corrected chi connectivity index (χ3v) is 2.56. The molecule has 0 spiro atoms. The van der Waals surface area contributed by atoms with Gasteiger partial charge in [-0.25, -0.2) is 0 Å². The van der Waals surface area contributed by atoms with Crippen molar-refractivity contribution in [1.29, 1.82) is 0 Å². The van der Waals surface area contributed by atoms with Crippen LogP contribution in [0.15, 0.2) is 0 Å². The molecule has 0 bridgehead atoms. The van der Waals surface area contributed by atoms with E-state index in [0.29, 0.717) is 25.7 Å². The van der Waals surface area contributed by atoms with E-state index in [-0.39, 0.29) is 12.1 Å². The maximum atomic E-state index is 11.7. The second kappa shape index (κ2) is 6.20. The monoisotopic (exact) mass is 255 g/mol. The van der Waals surface area contributed by atoms with E-state index in [1.54, 1.807) is 0 Å². The van der Waals surface area contributed by atoms with Gasteiger partial charge in [0.1, 0.15) is 13.2 Å². The smallest absolute Gasteiger partial charge is 0.393 e. The van der Waals surface area contributed by atoms with Crippen LogP contribution in [0.2, 0.25) is 0 Å². The lowest BCUT2D eigenvalue weighted by atomic mass is 9.93. The number of rotatable bonds is 4. The van der Waals surface area contributed by atoms with Crippen LogP contribution in [0.3, 0.4) is 0 Å². The number of aliphatic hydroxyl groups is 1. The van der Waals surface area contributed by atoms with Gasteiger partial charge in [-0.2, -0.15) is 13.2 Å². The van der Waals surface area contributed by atoms with E-state index in [2.05, 4.69) is 10.1 Å². The molecule has 0 aromatic rings. The van der Waals surface area contributed by atoms with Crippen molar-refractivity contribution in [2.24, 2.45) is 0 Å². The highest BCUT2D eigenvalue weighted by molar-refractivity contribution is 5.77. The Balaban J connectivity index is 2.13. The summed E-state index contributed by atoms with van der Waals surface area (Å²) in [5, 5.41) is 11.8. The molecule has 0 heterocycles. The summed E-state index contributed by atoms with van der Waals surface area (Å²) in [6.45, 7) is -2.00. The molecule has 1 saturated carbocycles. The summed E-state index contributed by atoms with van der Waals surface area (Å²) in [5.41, 5.74) is 0. The molecule has 0 aromatic heterocycles. The van der Waals surface area contributed by atoms with Crippen LogP contribution in [0.1, 0.15) is 25.7 Å². The summed E-state index contributed by atoms with van der Waals surface area (Å²) < 4.78 is 39.4. The van der Waals surface area contributed by atoms with Gasteiger partial charge in [-0.1, -0.05) is 0 Å². The van der Waals surface area contributed by atoms with Gasteiger partial charge in [0.25, 0.3) is 0 Å². The Bertz CT molecular complexity index is 250. The number of amides is 1. The van der Waals surface area contributed by atoms with Crippen LogP contribution in [0.25, 0.3) is 0 Å². The minimum absolute atomic E-state index is 0.0691. The lowest BCUT2D eigenvalue weighted by molar-refractivity contribution is -0.175. The van der Waals surface area contributed by atoms with Crippen molar-refractivity contribution in [1.82, 2.24) is 5.32 Å². The first-order chi connectivity index (χ1) is 7.87. The Hall–Kier alpha value is -0.820. The van der Waals surface area contributed by atoms with Crippen molar-refractivity contribution in [3.63, 3.8) is 0 Å². The predicted octanol–water partition coefficient (Wildman–Crippen LogP) is 0.985. The van der Waals surface area contributed by atoms with Crippen LogP contribution in [0.4, 0.5) is 13.2 Å². The molecule has 1 amide bonds. The van der Waals surface area contributed by atoms with Gasteiger partial charge in [0, 0.05) is 6.04 Å². The third kappa shape index (κ3) is 6.48. The van der Waals surface area contributed by atoms with Crippen molar-refractivity contribution in [3.8, 4) is 0 Å². The number of halogens is 3. The van der Waals surface area contributed by atoms with Gasteiger partial charge in [0.2, 0.25) is 5.91 Å². The summed E-state index contributed by atoms with van der Waals surface area (Å²) >= 11 is 0. The highest BCUT2D eigenvalue weighted by Crippen LogP contribution is 2.18. The Labute approximate surface area is 97.1 Å². The average molecular weight is 255 g/mol. The van der Waals surface area contributed by atoms with E-state index in [4.69, 9.17) is 0 Å². The van der Waals surface area contributed by atoms with E-state index in [0.717, 1.165) is 0 Å². The van der Waals surface area contributed by atoms with Gasteiger partial charge < -0.3 is 15.2 Å². The number of ether oxygens (including phenoxy) is 1. The second-order valence-corrected chi connectivity index (χ2v) is 4.18. The number of alkyl halides is 3. The molecule has 1 fully saturated rings. The minimum Gasteiger partial charge on any atom is -0.393 e. The molecule has 1 aliphatic rings. The number of carbonyl (C=O) groups excluding carboxylic acids is 1. The number of hydrogen-bond donors (Lipinski definition) is 2. The molecule has 1 rings (SSSR count). The van der Waals surface area contributed by atoms with E-state index < -0.39 is 25.3 Å². The van der Waals surface area contributed by atoms with Crippen LogP contribution in [0, 0.1) is 0 Å². The number of carbonyl (C=O) groups is 1. The van der Waals surface area contributed by atoms with E-state index in [1.165, 1.54) is 0 Å². The summed E-state index contributed by atoms with van der Waals surface area (Å²) in [6.07, 6.45) is -2.24. The van der Waals surface area contributed by atoms with Crippen molar-refractivity contribution < 1.29 is 27.8 Å². The quantitative estimate of drug-likeness (QED) is 0.787. The highest BCUT2D eigenvalue weighted by Gasteiger charge is 2.28. The van der Waals surface area contributed by atoms with Gasteiger partial charge in [-0.15, -0.1) is 0 Å². The largest absolute Gasteiger partial charge is 0.411 e. The molecule has 2 N–H and O–H groups in total. The first-order valence-electron chi connectivity index (χ1n) is 5.49. The van der Waals surface area contributed by atoms with E-state index in [9.17, 15) is 23.1 Å². The predicted molar refractivity (Wildman–Crippen MR) is 53.3 cm³/mol. The standard InChI is InChI=1S/C10H16F3NO3/c11-10(12,13)6-17-5-9(16)14-7-1-3-8(15)4-2-7/h7-8,15H,1-6H2,(H,14,16). The molecule has 4 nitrogen and oxygen atoms in total. The fourth-order valence-corrected chi connectivity index (χ4v) is 1.75. The minimum atomic E-state index is -4.41. The molecule has 0 aromatic carbocycles. The van der Waals surface area contributed by atoms with Gasteiger partial charge in [0.05, 0.1) is 6.10 Å². The summed E-state index contributed by atoms with van der Waals surface area (Å²) in [6, 6.07) is -0.0691. The van der Waals surface area contributed by atoms with Crippen LogP contribution in [-0.2, 0) is 9.53 Å². The highest BCUT2D eigenvalue weighted by atomic mass is 19.4. The van der Waals surface area contributed by atoms with Gasteiger partial charge in [-0.3, -0.25) is 4.79 Å². The fourth-order valence-electron chi connectivity index (χ4n) is 1.75. The van der Waals surface area contributed by atoms with Crippen LogP contribution < -0.4 is 5.32 Å². The lowest BCUT2D eigenvalue weighted by Gasteiger charge is -2.26. The Kier molecular flexibility index (Phi) is 5.20. The van der Waals surface area contributed by atoms with Crippen LogP contribution in [-0.4, -0.2) is 42.5 Å². The molecular formula is C10H16F3NO3. The molecule has 0 radical (unpaired) electrons. The number of aliphatic hydroxyl groups excluding tert-OH is 1. The van der Waals surface area contributed by atoms with E-state index >= 15 is 0 Å². The topological polar surface area (TPSA) is 58.6 Å². The SMILES string of the molecule is O=C(COCC(F)(F)F)NC1CCC(O)CC1. The molecule has 17 heavy (non-hydrogen) atoms. The van der Waals surface area contributed by atoms with Crippen molar-refractivity contribution >= 4 is 5.91 Å². The number of hydrogen-bond acceptors (Lipinski definition) is 3. The van der Waals surface area contributed by atoms with E-state index in [1.807, 2.05) is 0 Å². The van der Waals surface area contributed by atoms with Gasteiger partial charge in [0.15, 0.2) is 0 Å². The molecular weight excluding hydrogens is 239 g/mol. The first kappa shape index (κ1) is 14.2. The number of nitrogens with one attached hydrogen (secondary N) is 1. The molecule has 0 aliphatic heterocycles. The maximum absolute atomic E-state index is 11.7. The molecule has 0 saturated heterocycles. The Morgan fingerprint density at radius 3 is 2.41 bits per heavy atom. The molecule has 1 aliphatic carbocycles. The molecule has 7 heteroatoms. The van der Waals surface area contributed by atoms with Crippen molar-refractivity contribution in [2.45, 2.75) is 44.0 Å². The van der Waals surface area contributed by atoms with Gasteiger partial charge >= 0.3 is 6.18 Å². The summed E-state index contributed by atoms with van der Waals surface area (Å²) in [4.78, 5) is 11.2. The Morgan fingerprint density at radius 1 is 1.29 bits per heavy atom. The zero-order valence-electron chi connectivity index (χ0n) is 9.29. The fraction of sp³-hybridized carbons (Fsp3) is 0.900. The normalized spacial score (nSPS) is 25.6. The summed E-state index contributed by atoms with van der Waals surface area (Å²) in [7, 11) is 0.